The lowest BCUT2D eigenvalue weighted by Gasteiger charge is -2.10. The molecule has 3 N–H and O–H groups in total. The Bertz CT molecular complexity index is 1080. The molecule has 27 heavy (non-hydrogen) atoms. The zero-order valence-corrected chi connectivity index (χ0v) is 15.6. The van der Waals surface area contributed by atoms with E-state index in [1.54, 1.807) is 0 Å². The Kier molecular flexibility index (Phi) is 4.92. The maximum absolute atomic E-state index is 9.15. The van der Waals surface area contributed by atoms with Crippen molar-refractivity contribution < 1.29 is 5.11 Å². The van der Waals surface area contributed by atoms with E-state index in [9.17, 15) is 0 Å². The zero-order chi connectivity index (χ0) is 18.8. The normalized spacial score (nSPS) is 11.7. The summed E-state index contributed by atoms with van der Waals surface area (Å²) in [5.41, 5.74) is 11.1. The number of hydrogen-bond donors (Lipinski definition) is 2. The van der Waals surface area contributed by atoms with Crippen molar-refractivity contribution in [2.45, 2.75) is 39.4 Å². The van der Waals surface area contributed by atoms with E-state index in [1.165, 1.54) is 5.39 Å². The van der Waals surface area contributed by atoms with E-state index in [1.807, 2.05) is 23.7 Å². The van der Waals surface area contributed by atoms with Crippen LogP contribution in [0.15, 0.2) is 42.5 Å². The van der Waals surface area contributed by atoms with Crippen LogP contribution < -0.4 is 5.73 Å². The van der Waals surface area contributed by atoms with Gasteiger partial charge >= 0.3 is 0 Å². The largest absolute Gasteiger partial charge is 0.396 e. The van der Waals surface area contributed by atoms with Crippen LogP contribution in [0.25, 0.3) is 21.9 Å². The van der Waals surface area contributed by atoms with Crippen LogP contribution in [-0.2, 0) is 19.6 Å². The first-order valence-corrected chi connectivity index (χ1v) is 9.42. The highest BCUT2D eigenvalue weighted by Crippen LogP contribution is 2.22. The number of hydrogen-bond acceptors (Lipinski definition) is 4. The second-order valence-electron chi connectivity index (χ2n) is 6.90. The van der Waals surface area contributed by atoms with Gasteiger partial charge in [0.1, 0.15) is 5.82 Å². The minimum Gasteiger partial charge on any atom is -0.396 e. The number of aliphatic hydroxyl groups excluding tert-OH is 1. The third-order valence-electron chi connectivity index (χ3n) is 5.05. The summed E-state index contributed by atoms with van der Waals surface area (Å²) in [5, 5.41) is 15.1. The number of benzene rings is 2. The summed E-state index contributed by atoms with van der Waals surface area (Å²) < 4.78 is 4.27. The predicted molar refractivity (Wildman–Crippen MR) is 108 cm³/mol. The van der Waals surface area contributed by atoms with Crippen LogP contribution in [0.1, 0.15) is 29.9 Å². The van der Waals surface area contributed by atoms with Crippen molar-refractivity contribution in [2.75, 3.05) is 6.61 Å². The van der Waals surface area contributed by atoms with Gasteiger partial charge in [-0.05, 0) is 43.5 Å². The average molecular weight is 363 g/mol. The molecule has 0 spiro atoms. The van der Waals surface area contributed by atoms with Crippen molar-refractivity contribution in [3.63, 3.8) is 0 Å². The molecular formula is C21H25N5O. The summed E-state index contributed by atoms with van der Waals surface area (Å²) in [5.74, 6) is 0.977. The molecule has 140 valence electrons. The summed E-state index contributed by atoms with van der Waals surface area (Å²) in [7, 11) is 0. The van der Waals surface area contributed by atoms with Gasteiger partial charge in [0, 0.05) is 25.1 Å². The number of nitrogens with zero attached hydrogens (tertiary/aromatic N) is 4. The summed E-state index contributed by atoms with van der Waals surface area (Å²) in [6.07, 6.45) is 1.69. The SMILES string of the molecule is Cc1nn(Cc2nc3cc(CN)ccc3n2CCCCO)c2ccccc12. The second kappa shape index (κ2) is 7.50. The molecule has 0 amide bonds. The molecule has 2 aromatic carbocycles. The van der Waals surface area contributed by atoms with Crippen LogP contribution in [0.4, 0.5) is 0 Å². The van der Waals surface area contributed by atoms with E-state index in [0.717, 1.165) is 53.0 Å². The third-order valence-corrected chi connectivity index (χ3v) is 5.05. The molecule has 0 radical (unpaired) electrons. The molecule has 0 saturated carbocycles. The van der Waals surface area contributed by atoms with Gasteiger partial charge in [0.2, 0.25) is 0 Å². The molecule has 4 rings (SSSR count). The number of imidazole rings is 1. The topological polar surface area (TPSA) is 81.9 Å². The molecular weight excluding hydrogens is 338 g/mol. The monoisotopic (exact) mass is 363 g/mol. The number of aromatic nitrogens is 4. The molecule has 0 fully saturated rings. The van der Waals surface area contributed by atoms with Crippen molar-refractivity contribution in [3.8, 4) is 0 Å². The number of aliphatic hydroxyl groups is 1. The van der Waals surface area contributed by atoms with Gasteiger partial charge in [0.15, 0.2) is 0 Å². The van der Waals surface area contributed by atoms with Crippen LogP contribution in [0.2, 0.25) is 0 Å². The lowest BCUT2D eigenvalue weighted by molar-refractivity contribution is 0.281. The van der Waals surface area contributed by atoms with E-state index in [2.05, 4.69) is 34.9 Å². The third kappa shape index (κ3) is 3.34. The summed E-state index contributed by atoms with van der Waals surface area (Å²) in [6.45, 7) is 4.19. The van der Waals surface area contributed by atoms with Crippen molar-refractivity contribution in [3.05, 3.63) is 59.5 Å². The lowest BCUT2D eigenvalue weighted by Crippen LogP contribution is -2.10. The highest BCUT2D eigenvalue weighted by molar-refractivity contribution is 5.82. The number of nitrogens with two attached hydrogens (primary N) is 1. The first-order valence-electron chi connectivity index (χ1n) is 9.42. The number of unbranched alkanes of at least 4 members (excludes halogenated alkanes) is 1. The number of para-hydroxylation sites is 1. The van der Waals surface area contributed by atoms with E-state index < -0.39 is 0 Å². The fraction of sp³-hybridized carbons (Fsp3) is 0.333. The molecule has 2 aromatic heterocycles. The Hall–Kier alpha value is -2.70. The fourth-order valence-corrected chi connectivity index (χ4v) is 3.65. The molecule has 0 saturated heterocycles. The van der Waals surface area contributed by atoms with Crippen molar-refractivity contribution in [1.29, 1.82) is 0 Å². The van der Waals surface area contributed by atoms with Crippen LogP contribution >= 0.6 is 0 Å². The van der Waals surface area contributed by atoms with Crippen LogP contribution in [0, 0.1) is 6.92 Å². The van der Waals surface area contributed by atoms with E-state index in [4.69, 9.17) is 20.9 Å². The highest BCUT2D eigenvalue weighted by atomic mass is 16.2. The summed E-state index contributed by atoms with van der Waals surface area (Å²) >= 11 is 0. The van der Waals surface area contributed by atoms with Gasteiger partial charge in [-0.3, -0.25) is 4.68 Å². The standard InChI is InChI=1S/C21H25N5O/c1-15-17-6-2-3-7-19(17)26(24-15)14-21-23-18-12-16(13-22)8-9-20(18)25(21)10-4-5-11-27/h2-3,6-9,12,27H,4-5,10-11,13-14,22H2,1H3. The van der Waals surface area contributed by atoms with E-state index in [-0.39, 0.29) is 6.61 Å². The Morgan fingerprint density at radius 1 is 1.07 bits per heavy atom. The number of aryl methyl sites for hydroxylation is 2. The molecule has 0 unspecified atom stereocenters. The van der Waals surface area contributed by atoms with Gasteiger partial charge in [-0.15, -0.1) is 0 Å². The zero-order valence-electron chi connectivity index (χ0n) is 15.6. The molecule has 0 aliphatic carbocycles. The molecule has 0 bridgehead atoms. The minimum absolute atomic E-state index is 0.211. The maximum atomic E-state index is 9.15. The lowest BCUT2D eigenvalue weighted by atomic mass is 10.2. The van der Waals surface area contributed by atoms with Crippen LogP contribution in [0.3, 0.4) is 0 Å². The Morgan fingerprint density at radius 2 is 1.93 bits per heavy atom. The predicted octanol–water partition coefficient (Wildman–Crippen LogP) is 2.97. The molecule has 0 aliphatic rings. The van der Waals surface area contributed by atoms with Crippen molar-refractivity contribution >= 4 is 21.9 Å². The quantitative estimate of drug-likeness (QED) is 0.495. The van der Waals surface area contributed by atoms with Crippen LogP contribution in [-0.4, -0.2) is 31.0 Å². The van der Waals surface area contributed by atoms with Crippen LogP contribution in [0.5, 0.6) is 0 Å². The van der Waals surface area contributed by atoms with E-state index >= 15 is 0 Å². The fourth-order valence-electron chi connectivity index (χ4n) is 3.65. The molecule has 0 aliphatic heterocycles. The van der Waals surface area contributed by atoms with Gasteiger partial charge < -0.3 is 15.4 Å². The minimum atomic E-state index is 0.211. The highest BCUT2D eigenvalue weighted by Gasteiger charge is 2.14. The first kappa shape index (κ1) is 17.7. The van der Waals surface area contributed by atoms with Crippen molar-refractivity contribution in [2.24, 2.45) is 5.73 Å². The smallest absolute Gasteiger partial charge is 0.131 e. The Balaban J connectivity index is 1.77. The number of rotatable bonds is 7. The van der Waals surface area contributed by atoms with E-state index in [0.29, 0.717) is 13.1 Å². The van der Waals surface area contributed by atoms with Gasteiger partial charge in [-0.2, -0.15) is 5.10 Å². The van der Waals surface area contributed by atoms with Crippen molar-refractivity contribution in [1.82, 2.24) is 19.3 Å². The molecule has 6 nitrogen and oxygen atoms in total. The molecule has 2 heterocycles. The maximum Gasteiger partial charge on any atom is 0.131 e. The second-order valence-corrected chi connectivity index (χ2v) is 6.90. The van der Waals surface area contributed by atoms with Gasteiger partial charge in [-0.25, -0.2) is 4.98 Å². The summed E-state index contributed by atoms with van der Waals surface area (Å²) in [6, 6.07) is 14.5. The van der Waals surface area contributed by atoms with Gasteiger partial charge in [0.05, 0.1) is 28.8 Å². The Morgan fingerprint density at radius 3 is 2.74 bits per heavy atom. The van der Waals surface area contributed by atoms with Gasteiger partial charge in [-0.1, -0.05) is 24.3 Å². The Labute approximate surface area is 158 Å². The summed E-state index contributed by atoms with van der Waals surface area (Å²) in [4.78, 5) is 4.90. The first-order chi connectivity index (χ1) is 13.2. The molecule has 6 heteroatoms. The molecule has 0 atom stereocenters. The average Bonchev–Trinajstić information content (AvgIpc) is 3.19. The number of fused-ring (bicyclic) bond motifs is 2. The van der Waals surface area contributed by atoms with Gasteiger partial charge in [0.25, 0.3) is 0 Å². The molecule has 4 aromatic rings.